The average Bonchev–Trinajstić information content (AvgIpc) is 2.99. The van der Waals surface area contributed by atoms with Crippen molar-refractivity contribution in [3.8, 4) is 0 Å². The summed E-state index contributed by atoms with van der Waals surface area (Å²) in [4.78, 5) is 13.5. The molecule has 3 aromatic heterocycles. The largest absolute Gasteiger partial charge is 0.382 e. The number of primary sulfonamides is 1. The lowest BCUT2D eigenvalue weighted by atomic mass is 10.1. The zero-order valence-electron chi connectivity index (χ0n) is 15.4. The molecule has 1 atom stereocenters. The fourth-order valence-corrected chi connectivity index (χ4v) is 3.78. The Morgan fingerprint density at radius 1 is 1.30 bits per heavy atom. The van der Waals surface area contributed by atoms with Crippen molar-refractivity contribution in [2.45, 2.75) is 39.3 Å². The van der Waals surface area contributed by atoms with E-state index in [1.165, 1.54) is 0 Å². The molecule has 0 aromatic carbocycles. The van der Waals surface area contributed by atoms with Gasteiger partial charge in [-0.15, -0.1) is 0 Å². The summed E-state index contributed by atoms with van der Waals surface area (Å²) in [6.45, 7) is 4.79. The molecule has 0 saturated heterocycles. The number of sulfonamides is 1. The normalized spacial score (nSPS) is 13.4. The average molecular weight is 392 g/mol. The number of anilines is 1. The minimum absolute atomic E-state index is 0.0424. The van der Waals surface area contributed by atoms with Crippen molar-refractivity contribution >= 4 is 37.9 Å². The van der Waals surface area contributed by atoms with Crippen molar-refractivity contribution in [2.75, 3.05) is 18.1 Å². The number of ether oxygens (including phenoxy) is 1. The van der Waals surface area contributed by atoms with E-state index in [9.17, 15) is 8.42 Å². The van der Waals surface area contributed by atoms with Crippen LogP contribution in [0.5, 0.6) is 0 Å². The highest BCUT2D eigenvalue weighted by Gasteiger charge is 2.21. The quantitative estimate of drug-likeness (QED) is 0.595. The summed E-state index contributed by atoms with van der Waals surface area (Å²) >= 11 is 0. The highest BCUT2D eigenvalue weighted by molar-refractivity contribution is 7.89. The molecule has 3 rings (SSSR count). The summed E-state index contributed by atoms with van der Waals surface area (Å²) in [5.74, 6) is 0.980. The molecule has 0 amide bonds. The van der Waals surface area contributed by atoms with Gasteiger partial charge in [-0.2, -0.15) is 0 Å². The Labute approximate surface area is 157 Å². The molecule has 3 heterocycles. The van der Waals surface area contributed by atoms with Crippen molar-refractivity contribution in [3.05, 3.63) is 24.2 Å². The van der Waals surface area contributed by atoms with Gasteiger partial charge in [0, 0.05) is 18.8 Å². The first-order chi connectivity index (χ1) is 12.8. The van der Waals surface area contributed by atoms with Crippen LogP contribution in [0.4, 0.5) is 5.82 Å². The summed E-state index contributed by atoms with van der Waals surface area (Å²) in [5, 5.41) is 5.12. The zero-order chi connectivity index (χ0) is 19.6. The van der Waals surface area contributed by atoms with Gasteiger partial charge in [0.15, 0.2) is 5.82 Å². The molecule has 0 bridgehead atoms. The van der Waals surface area contributed by atoms with Gasteiger partial charge in [0.2, 0.25) is 10.0 Å². The van der Waals surface area contributed by atoms with Crippen LogP contribution in [0.15, 0.2) is 18.3 Å². The zero-order valence-corrected chi connectivity index (χ0v) is 16.2. The smallest absolute Gasteiger partial charge is 0.209 e. The summed E-state index contributed by atoms with van der Waals surface area (Å²) in [7, 11) is -3.49. The van der Waals surface area contributed by atoms with Gasteiger partial charge in [0.05, 0.1) is 11.3 Å². The Morgan fingerprint density at radius 2 is 2.07 bits per heavy atom. The molecule has 146 valence electrons. The lowest BCUT2D eigenvalue weighted by Crippen LogP contribution is -2.18. The molecule has 27 heavy (non-hydrogen) atoms. The van der Waals surface area contributed by atoms with Crippen molar-refractivity contribution in [2.24, 2.45) is 5.14 Å². The maximum Gasteiger partial charge on any atom is 0.209 e. The SMILES string of the molecule is CCOCc1nc2c(N)nc3cccnc3c2n1C(C)CCCS(N)(=O)=O. The molecule has 0 spiro atoms. The van der Waals surface area contributed by atoms with Gasteiger partial charge in [-0.25, -0.2) is 23.5 Å². The number of nitrogens with two attached hydrogens (primary N) is 2. The molecular weight excluding hydrogens is 368 g/mol. The number of rotatable bonds is 8. The molecule has 0 radical (unpaired) electrons. The summed E-state index contributed by atoms with van der Waals surface area (Å²) in [5.41, 5.74) is 8.89. The first-order valence-corrected chi connectivity index (χ1v) is 10.5. The predicted octanol–water partition coefficient (Wildman–Crippen LogP) is 1.73. The molecule has 1 unspecified atom stereocenters. The van der Waals surface area contributed by atoms with Crippen LogP contribution >= 0.6 is 0 Å². The molecular formula is C17H24N6O3S. The second kappa shape index (κ2) is 7.75. The van der Waals surface area contributed by atoms with E-state index in [2.05, 4.69) is 15.0 Å². The second-order valence-electron chi connectivity index (χ2n) is 6.46. The Morgan fingerprint density at radius 3 is 2.78 bits per heavy atom. The van der Waals surface area contributed by atoms with Gasteiger partial charge in [0.25, 0.3) is 0 Å². The molecule has 0 aliphatic heterocycles. The van der Waals surface area contributed by atoms with Gasteiger partial charge in [-0.3, -0.25) is 4.98 Å². The summed E-state index contributed by atoms with van der Waals surface area (Å²) in [6.07, 6.45) is 2.75. The van der Waals surface area contributed by atoms with E-state index in [1.54, 1.807) is 12.3 Å². The summed E-state index contributed by atoms with van der Waals surface area (Å²) < 4.78 is 30.1. The molecule has 0 fully saturated rings. The van der Waals surface area contributed by atoms with Gasteiger partial charge in [-0.05, 0) is 38.8 Å². The maximum atomic E-state index is 11.2. The van der Waals surface area contributed by atoms with Gasteiger partial charge in [-0.1, -0.05) is 0 Å². The van der Waals surface area contributed by atoms with E-state index in [1.807, 2.05) is 24.5 Å². The number of aromatic nitrogens is 4. The minimum Gasteiger partial charge on any atom is -0.382 e. The van der Waals surface area contributed by atoms with Crippen LogP contribution in [0.2, 0.25) is 0 Å². The number of hydrogen-bond donors (Lipinski definition) is 2. The van der Waals surface area contributed by atoms with E-state index >= 15 is 0 Å². The molecule has 0 saturated carbocycles. The summed E-state index contributed by atoms with van der Waals surface area (Å²) in [6, 6.07) is 3.61. The second-order valence-corrected chi connectivity index (χ2v) is 8.19. The van der Waals surface area contributed by atoms with Crippen LogP contribution in [0.1, 0.15) is 38.6 Å². The topological polar surface area (TPSA) is 139 Å². The van der Waals surface area contributed by atoms with Gasteiger partial charge in [0.1, 0.15) is 29.0 Å². The molecule has 0 aliphatic carbocycles. The van der Waals surface area contributed by atoms with E-state index in [4.69, 9.17) is 15.6 Å². The Hall–Kier alpha value is -2.30. The van der Waals surface area contributed by atoms with E-state index in [0.29, 0.717) is 54.2 Å². The highest BCUT2D eigenvalue weighted by Crippen LogP contribution is 2.31. The first kappa shape index (κ1) is 19.5. The van der Waals surface area contributed by atoms with Crippen LogP contribution in [0, 0.1) is 0 Å². The Kier molecular flexibility index (Phi) is 5.59. The standard InChI is InChI=1S/C17H24N6O3S/c1-3-26-10-13-22-15-16(14-12(21-17(15)18)7-4-8-20-14)23(13)11(2)6-5-9-27(19,24)25/h4,7-8,11H,3,5-6,9-10H2,1-2H3,(H2,18,21)(H2,19,24,25). The van der Waals surface area contributed by atoms with Crippen LogP contribution in [0.25, 0.3) is 22.1 Å². The monoisotopic (exact) mass is 392 g/mol. The van der Waals surface area contributed by atoms with E-state index < -0.39 is 10.0 Å². The van der Waals surface area contributed by atoms with Gasteiger partial charge < -0.3 is 15.0 Å². The first-order valence-electron chi connectivity index (χ1n) is 8.81. The van der Waals surface area contributed by atoms with E-state index in [0.717, 1.165) is 5.52 Å². The minimum atomic E-state index is -3.49. The van der Waals surface area contributed by atoms with Crippen molar-refractivity contribution in [1.82, 2.24) is 19.5 Å². The molecule has 3 aromatic rings. The van der Waals surface area contributed by atoms with Crippen LogP contribution < -0.4 is 10.9 Å². The fraction of sp³-hybridized carbons (Fsp3) is 0.471. The van der Waals surface area contributed by atoms with Crippen LogP contribution in [0.3, 0.4) is 0 Å². The number of hydrogen-bond acceptors (Lipinski definition) is 7. The van der Waals surface area contributed by atoms with Crippen molar-refractivity contribution in [3.63, 3.8) is 0 Å². The van der Waals surface area contributed by atoms with Crippen LogP contribution in [-0.4, -0.2) is 40.3 Å². The number of nitrogen functional groups attached to an aromatic ring is 1. The third-order valence-electron chi connectivity index (χ3n) is 4.41. The molecule has 10 heteroatoms. The predicted molar refractivity (Wildman–Crippen MR) is 104 cm³/mol. The fourth-order valence-electron chi connectivity index (χ4n) is 3.22. The number of imidazole rings is 1. The highest BCUT2D eigenvalue weighted by atomic mass is 32.2. The molecule has 9 nitrogen and oxygen atoms in total. The lowest BCUT2D eigenvalue weighted by Gasteiger charge is -2.18. The number of nitrogens with zero attached hydrogens (tertiary/aromatic N) is 4. The van der Waals surface area contributed by atoms with Crippen molar-refractivity contribution < 1.29 is 13.2 Å². The number of fused-ring (bicyclic) bond motifs is 3. The third kappa shape index (κ3) is 4.18. The Balaban J connectivity index is 2.11. The van der Waals surface area contributed by atoms with Crippen molar-refractivity contribution in [1.29, 1.82) is 0 Å². The molecule has 4 N–H and O–H groups in total. The number of pyridine rings is 2. The van der Waals surface area contributed by atoms with Gasteiger partial charge >= 0.3 is 0 Å². The third-order valence-corrected chi connectivity index (χ3v) is 5.26. The maximum absolute atomic E-state index is 11.2. The molecule has 0 aliphatic rings. The van der Waals surface area contributed by atoms with E-state index in [-0.39, 0.29) is 11.8 Å². The lowest BCUT2D eigenvalue weighted by molar-refractivity contribution is 0.124. The Bertz CT molecular complexity index is 1060. The van der Waals surface area contributed by atoms with Crippen LogP contribution in [-0.2, 0) is 21.4 Å².